The highest BCUT2D eigenvalue weighted by Crippen LogP contribution is 2.57. The zero-order valence-corrected chi connectivity index (χ0v) is 20.2. The molecule has 34 heavy (non-hydrogen) atoms. The maximum Gasteiger partial charge on any atom is 0.458 e. The fourth-order valence-electron chi connectivity index (χ4n) is 7.08. The molecule has 2 aliphatic rings. The molecule has 0 heterocycles. The number of halogens is 5. The number of hydrogen-bond donors (Lipinski definition) is 1. The van der Waals surface area contributed by atoms with Crippen LogP contribution in [0, 0.1) is 17.3 Å². The minimum absolute atomic E-state index is 0.228. The van der Waals surface area contributed by atoms with E-state index in [9.17, 15) is 31.9 Å². The van der Waals surface area contributed by atoms with Crippen LogP contribution in [0.3, 0.4) is 0 Å². The van der Waals surface area contributed by atoms with Crippen molar-refractivity contribution < 1.29 is 31.9 Å². The largest absolute Gasteiger partial charge is 0.481 e. The van der Waals surface area contributed by atoms with Gasteiger partial charge in [0, 0.05) is 5.56 Å². The number of aliphatic carboxylic acids is 1. The van der Waals surface area contributed by atoms with Crippen molar-refractivity contribution in [2.75, 3.05) is 0 Å². The average molecular weight is 489 g/mol. The predicted molar refractivity (Wildman–Crippen MR) is 122 cm³/mol. The van der Waals surface area contributed by atoms with Gasteiger partial charge in [0.05, 0.1) is 5.41 Å². The lowest BCUT2D eigenvalue weighted by atomic mass is 9.52. The second-order valence-corrected chi connectivity index (χ2v) is 10.5. The molecule has 2 fully saturated rings. The minimum atomic E-state index is -5.69. The summed E-state index contributed by atoms with van der Waals surface area (Å²) in [4.78, 5) is 12.4. The molecule has 0 aliphatic heterocycles. The van der Waals surface area contributed by atoms with Crippen molar-refractivity contribution in [3.63, 3.8) is 0 Å². The Bertz CT molecular complexity index is 816. The Balaban J connectivity index is 1.86. The molecule has 0 bridgehead atoms. The van der Waals surface area contributed by atoms with Crippen LogP contribution in [0.2, 0.25) is 0 Å². The van der Waals surface area contributed by atoms with E-state index in [0.717, 1.165) is 49.9 Å². The first kappa shape index (κ1) is 26.9. The summed E-state index contributed by atoms with van der Waals surface area (Å²) in [6.07, 6.45) is 5.97. The van der Waals surface area contributed by atoms with Gasteiger partial charge in [-0.2, -0.15) is 22.0 Å². The molecular formula is C27H37F5O2. The Morgan fingerprint density at radius 2 is 1.53 bits per heavy atom. The van der Waals surface area contributed by atoms with Gasteiger partial charge in [0.2, 0.25) is 0 Å². The van der Waals surface area contributed by atoms with E-state index in [-0.39, 0.29) is 5.41 Å². The number of carbonyl (C=O) groups is 1. The third-order valence-corrected chi connectivity index (χ3v) is 8.95. The van der Waals surface area contributed by atoms with E-state index >= 15 is 0 Å². The van der Waals surface area contributed by atoms with Crippen LogP contribution < -0.4 is 0 Å². The Kier molecular flexibility index (Phi) is 8.03. The molecule has 192 valence electrons. The van der Waals surface area contributed by atoms with Crippen molar-refractivity contribution in [1.82, 2.24) is 0 Å². The first-order chi connectivity index (χ1) is 15.9. The van der Waals surface area contributed by atoms with E-state index in [0.29, 0.717) is 30.2 Å². The van der Waals surface area contributed by atoms with Crippen molar-refractivity contribution in [3.8, 4) is 0 Å². The third-order valence-electron chi connectivity index (χ3n) is 8.95. The zero-order chi connectivity index (χ0) is 25.2. The summed E-state index contributed by atoms with van der Waals surface area (Å²) in [7, 11) is 0. The molecule has 0 aromatic heterocycles. The van der Waals surface area contributed by atoms with E-state index < -0.39 is 29.0 Å². The number of benzene rings is 1. The number of alkyl halides is 5. The van der Waals surface area contributed by atoms with E-state index in [1.165, 1.54) is 38.5 Å². The fraction of sp³-hybridized carbons (Fsp3) is 0.741. The quantitative estimate of drug-likeness (QED) is 0.372. The summed E-state index contributed by atoms with van der Waals surface area (Å²) in [6.45, 7) is 4.46. The monoisotopic (exact) mass is 488 g/mol. The van der Waals surface area contributed by atoms with E-state index in [1.54, 1.807) is 0 Å². The van der Waals surface area contributed by atoms with Gasteiger partial charge in [-0.1, -0.05) is 76.6 Å². The number of hydrogen-bond acceptors (Lipinski definition) is 1. The molecule has 1 aromatic carbocycles. The standard InChI is InChI=1S/C27H37F5O2/c1-3-8-19(4-2)24(15-6-5-7-16-24)21-13-17-25(18-14-21,23(33)34)20-9-11-22(12-10-20)26(28,29)27(30,31)32/h9-12,19,21H,3-8,13-18H2,1-2H3,(H,33,34). The van der Waals surface area contributed by atoms with Crippen LogP contribution in [-0.4, -0.2) is 17.3 Å². The molecule has 0 amide bonds. The highest BCUT2D eigenvalue weighted by Gasteiger charge is 2.59. The zero-order valence-electron chi connectivity index (χ0n) is 20.2. The van der Waals surface area contributed by atoms with Gasteiger partial charge in [-0.25, -0.2) is 0 Å². The van der Waals surface area contributed by atoms with E-state index in [4.69, 9.17) is 0 Å². The first-order valence-electron chi connectivity index (χ1n) is 12.7. The van der Waals surface area contributed by atoms with Gasteiger partial charge in [-0.3, -0.25) is 4.79 Å². The molecule has 1 atom stereocenters. The summed E-state index contributed by atoms with van der Waals surface area (Å²) in [6, 6.07) is 3.78. The molecule has 1 unspecified atom stereocenters. The molecule has 1 aromatic rings. The molecule has 1 N–H and O–H groups in total. The first-order valence-corrected chi connectivity index (χ1v) is 12.7. The molecule has 3 rings (SSSR count). The fourth-order valence-corrected chi connectivity index (χ4v) is 7.08. The normalized spacial score (nSPS) is 26.7. The van der Waals surface area contributed by atoms with Gasteiger partial charge in [0.25, 0.3) is 0 Å². The molecule has 2 nitrogen and oxygen atoms in total. The van der Waals surface area contributed by atoms with Crippen LogP contribution in [0.15, 0.2) is 24.3 Å². The van der Waals surface area contributed by atoms with Gasteiger partial charge in [-0.05, 0) is 61.3 Å². The van der Waals surface area contributed by atoms with Crippen LogP contribution >= 0.6 is 0 Å². The van der Waals surface area contributed by atoms with Crippen molar-refractivity contribution in [2.45, 2.75) is 108 Å². The molecule has 0 radical (unpaired) electrons. The van der Waals surface area contributed by atoms with Crippen molar-refractivity contribution in [1.29, 1.82) is 0 Å². The van der Waals surface area contributed by atoms with Gasteiger partial charge in [0.1, 0.15) is 0 Å². The highest BCUT2D eigenvalue weighted by molar-refractivity contribution is 5.81. The Hall–Kier alpha value is -1.66. The van der Waals surface area contributed by atoms with Crippen LogP contribution in [0.1, 0.15) is 102 Å². The molecular weight excluding hydrogens is 451 g/mol. The topological polar surface area (TPSA) is 37.3 Å². The molecule has 0 spiro atoms. The second-order valence-electron chi connectivity index (χ2n) is 10.5. The lowest BCUT2D eigenvalue weighted by molar-refractivity contribution is -0.289. The summed E-state index contributed by atoms with van der Waals surface area (Å²) in [5, 5.41) is 10.2. The third kappa shape index (κ3) is 4.73. The lowest BCUT2D eigenvalue weighted by Gasteiger charge is -2.52. The second kappa shape index (κ2) is 10.1. The number of carboxylic acid groups (broad SMARTS) is 1. The maximum absolute atomic E-state index is 13.7. The van der Waals surface area contributed by atoms with E-state index in [1.807, 2.05) is 0 Å². The Morgan fingerprint density at radius 3 is 1.97 bits per heavy atom. The predicted octanol–water partition coefficient (Wildman–Crippen LogP) is 8.63. The minimum Gasteiger partial charge on any atom is -0.481 e. The van der Waals surface area contributed by atoms with E-state index in [2.05, 4.69) is 13.8 Å². The Morgan fingerprint density at radius 1 is 0.971 bits per heavy atom. The molecule has 0 saturated heterocycles. The average Bonchev–Trinajstić information content (AvgIpc) is 2.82. The molecule has 2 aliphatic carbocycles. The van der Waals surface area contributed by atoms with Crippen LogP contribution in [-0.2, 0) is 16.1 Å². The lowest BCUT2D eigenvalue weighted by Crippen LogP contribution is -2.46. The van der Waals surface area contributed by atoms with Crippen LogP contribution in [0.4, 0.5) is 22.0 Å². The van der Waals surface area contributed by atoms with Crippen LogP contribution in [0.25, 0.3) is 0 Å². The number of rotatable bonds is 8. The Labute approximate surface area is 199 Å². The summed E-state index contributed by atoms with van der Waals surface area (Å²) in [5.41, 5.74) is -1.86. The molecule has 2 saturated carbocycles. The summed E-state index contributed by atoms with van der Waals surface area (Å²) >= 11 is 0. The van der Waals surface area contributed by atoms with Crippen molar-refractivity contribution in [2.24, 2.45) is 17.3 Å². The summed E-state index contributed by atoms with van der Waals surface area (Å²) < 4.78 is 65.7. The smallest absolute Gasteiger partial charge is 0.458 e. The van der Waals surface area contributed by atoms with Crippen molar-refractivity contribution >= 4 is 5.97 Å². The number of carboxylic acids is 1. The van der Waals surface area contributed by atoms with Gasteiger partial charge in [-0.15, -0.1) is 0 Å². The van der Waals surface area contributed by atoms with Crippen molar-refractivity contribution in [3.05, 3.63) is 35.4 Å². The van der Waals surface area contributed by atoms with Gasteiger partial charge in [0.15, 0.2) is 0 Å². The SMILES string of the molecule is CCCC(CC)C1(C2CCC(C(=O)O)(c3ccc(C(F)(F)C(F)(F)F)cc3)CC2)CCCCC1. The molecule has 7 heteroatoms. The maximum atomic E-state index is 13.7. The van der Waals surface area contributed by atoms with Gasteiger partial charge < -0.3 is 5.11 Å². The van der Waals surface area contributed by atoms with Crippen LogP contribution in [0.5, 0.6) is 0 Å². The summed E-state index contributed by atoms with van der Waals surface area (Å²) in [5.74, 6) is -4.96. The highest BCUT2D eigenvalue weighted by atomic mass is 19.4. The van der Waals surface area contributed by atoms with Gasteiger partial charge >= 0.3 is 18.1 Å².